The molecule has 2 aliphatic heterocycles. The van der Waals surface area contributed by atoms with Crippen molar-refractivity contribution in [3.8, 4) is 0 Å². The van der Waals surface area contributed by atoms with Crippen molar-refractivity contribution in [2.24, 2.45) is 0 Å². The quantitative estimate of drug-likeness (QED) is 0.583. The largest absolute Gasteiger partial charge is 0.425 e. The zero-order valence-corrected chi connectivity index (χ0v) is 15.2. The van der Waals surface area contributed by atoms with Crippen LogP contribution < -0.4 is 0 Å². The van der Waals surface area contributed by atoms with Crippen LogP contribution in [0.4, 0.5) is 0 Å². The molecule has 4 nitrogen and oxygen atoms in total. The van der Waals surface area contributed by atoms with E-state index >= 15 is 0 Å². The fraction of sp³-hybridized carbons (Fsp3) is 1.00. The van der Waals surface area contributed by atoms with E-state index in [1.54, 1.807) is 0 Å². The highest BCUT2D eigenvalue weighted by Gasteiger charge is 2.37. The molecule has 94 valence electrons. The van der Waals surface area contributed by atoms with Crippen LogP contribution in [0, 0.1) is 0 Å². The zero-order valence-electron chi connectivity index (χ0n) is 9.91. The van der Waals surface area contributed by atoms with E-state index < -0.39 is 38.6 Å². The fourth-order valence-electron chi connectivity index (χ4n) is 2.38. The summed E-state index contributed by atoms with van der Waals surface area (Å²) in [6.45, 7) is 0. The summed E-state index contributed by atoms with van der Waals surface area (Å²) >= 11 is 0. The van der Waals surface area contributed by atoms with E-state index in [9.17, 15) is 0 Å². The lowest BCUT2D eigenvalue weighted by molar-refractivity contribution is 0.301. The highest BCUT2D eigenvalue weighted by molar-refractivity contribution is 6.75. The Morgan fingerprint density at radius 2 is 1.12 bits per heavy atom. The van der Waals surface area contributed by atoms with E-state index in [0.717, 1.165) is 0 Å². The average molecular weight is 295 g/mol. The first kappa shape index (κ1) is 13.1. The van der Waals surface area contributed by atoms with Gasteiger partial charge in [0.15, 0.2) is 0 Å². The van der Waals surface area contributed by atoms with Gasteiger partial charge in [-0.15, -0.1) is 0 Å². The van der Waals surface area contributed by atoms with Crippen molar-refractivity contribution < 1.29 is 16.5 Å². The second-order valence-corrected chi connectivity index (χ2v) is 13.7. The van der Waals surface area contributed by atoms with Crippen LogP contribution in [0.25, 0.3) is 0 Å². The molecule has 0 unspecified atom stereocenters. The highest BCUT2D eigenvalue weighted by Crippen LogP contribution is 2.27. The van der Waals surface area contributed by atoms with Gasteiger partial charge in [-0.3, -0.25) is 0 Å². The van der Waals surface area contributed by atoms with Crippen LogP contribution in [0.5, 0.6) is 0 Å². The minimum atomic E-state index is -1.87. The van der Waals surface area contributed by atoms with Crippen molar-refractivity contribution in [2.45, 2.75) is 50.6 Å². The molecular weight excluding hydrogens is 272 g/mol. The molecule has 0 radical (unpaired) electrons. The van der Waals surface area contributed by atoms with Crippen LogP contribution in [-0.4, -0.2) is 38.6 Å². The molecule has 0 N–H and O–H groups in total. The first-order chi connectivity index (χ1) is 7.91. The van der Waals surface area contributed by atoms with Gasteiger partial charge in [0.1, 0.15) is 0 Å². The zero-order chi connectivity index (χ0) is 11.1. The summed E-state index contributed by atoms with van der Waals surface area (Å²) < 4.78 is 23.3. The Bertz CT molecular complexity index is 186. The van der Waals surface area contributed by atoms with Crippen LogP contribution in [0.1, 0.15) is 38.5 Å². The summed E-state index contributed by atoms with van der Waals surface area (Å²) in [4.78, 5) is 0. The average Bonchev–Trinajstić information content (AvgIpc) is 2.37. The Morgan fingerprint density at radius 1 is 0.625 bits per heavy atom. The summed E-state index contributed by atoms with van der Waals surface area (Å²) in [5, 5.41) is 0. The maximum absolute atomic E-state index is 6.13. The number of hydrogen-bond acceptors (Lipinski definition) is 4. The first-order valence-corrected chi connectivity index (χ1v) is 12.0. The fourth-order valence-corrected chi connectivity index (χ4v) is 13.6. The van der Waals surface area contributed by atoms with Crippen molar-refractivity contribution in [1.29, 1.82) is 0 Å². The van der Waals surface area contributed by atoms with Gasteiger partial charge in [0.25, 0.3) is 30.0 Å². The molecule has 0 atom stereocenters. The molecule has 8 heteroatoms. The topological polar surface area (TPSA) is 36.9 Å². The summed E-state index contributed by atoms with van der Waals surface area (Å²) in [5.41, 5.74) is 0. The molecule has 0 aliphatic carbocycles. The Labute approximate surface area is 106 Å². The predicted octanol–water partition coefficient (Wildman–Crippen LogP) is -0.141. The summed E-state index contributed by atoms with van der Waals surface area (Å²) in [7, 11) is -4.18. The second-order valence-electron chi connectivity index (χ2n) is 4.58. The van der Waals surface area contributed by atoms with Crippen molar-refractivity contribution in [1.82, 2.24) is 0 Å². The van der Waals surface area contributed by atoms with Gasteiger partial charge in [-0.25, -0.2) is 0 Å². The van der Waals surface area contributed by atoms with Crippen LogP contribution in [-0.2, 0) is 16.5 Å². The molecule has 0 aromatic carbocycles. The predicted molar refractivity (Wildman–Crippen MR) is 73.0 cm³/mol. The molecule has 1 spiro atoms. The molecule has 0 aromatic rings. The van der Waals surface area contributed by atoms with E-state index in [1.807, 2.05) is 0 Å². The van der Waals surface area contributed by atoms with Gasteiger partial charge >= 0.3 is 8.56 Å². The van der Waals surface area contributed by atoms with Gasteiger partial charge in [-0.05, 0) is 12.1 Å². The highest BCUT2D eigenvalue weighted by atomic mass is 28.5. The van der Waals surface area contributed by atoms with Crippen molar-refractivity contribution >= 4 is 38.6 Å². The Hall–Kier alpha value is 0.708. The lowest BCUT2D eigenvalue weighted by Crippen LogP contribution is -2.47. The molecule has 0 amide bonds. The SMILES string of the molecule is C1CCCC[Si]2(CCC1)O[SiH2]O[SiH2]O[SiH2]O2. The first-order valence-electron chi connectivity index (χ1n) is 6.35. The standard InChI is InChI=1S/C8H22O4Si4/c1-2-4-6-8-16(7-5-3-1)11-14-9-13-10-15-12-16/h1-8,13-15H2. The van der Waals surface area contributed by atoms with Crippen molar-refractivity contribution in [3.63, 3.8) is 0 Å². The summed E-state index contributed by atoms with van der Waals surface area (Å²) in [6, 6.07) is 2.36. The Balaban J connectivity index is 1.92. The van der Waals surface area contributed by atoms with E-state index in [-0.39, 0.29) is 0 Å². The van der Waals surface area contributed by atoms with E-state index in [1.165, 1.54) is 50.6 Å². The van der Waals surface area contributed by atoms with Gasteiger partial charge in [0.2, 0.25) is 0 Å². The third kappa shape index (κ3) is 4.18. The van der Waals surface area contributed by atoms with E-state index in [0.29, 0.717) is 0 Å². The molecule has 2 aliphatic rings. The molecular formula is C8H22O4Si4. The lowest BCUT2D eigenvalue weighted by Gasteiger charge is -2.33. The van der Waals surface area contributed by atoms with Crippen LogP contribution >= 0.6 is 0 Å². The third-order valence-electron chi connectivity index (χ3n) is 3.34. The molecule has 16 heavy (non-hydrogen) atoms. The number of hydrogen-bond donors (Lipinski definition) is 0. The Morgan fingerprint density at radius 3 is 1.69 bits per heavy atom. The van der Waals surface area contributed by atoms with Gasteiger partial charge in [-0.1, -0.05) is 38.5 Å². The molecule has 2 saturated heterocycles. The van der Waals surface area contributed by atoms with Gasteiger partial charge in [0, 0.05) is 0 Å². The molecule has 0 aromatic heterocycles. The maximum Gasteiger partial charge on any atom is 0.319 e. The minimum absolute atomic E-state index is 0.727. The van der Waals surface area contributed by atoms with Crippen molar-refractivity contribution in [2.75, 3.05) is 0 Å². The Kier molecular flexibility index (Phi) is 5.92. The van der Waals surface area contributed by atoms with Gasteiger partial charge in [0.05, 0.1) is 0 Å². The van der Waals surface area contributed by atoms with Crippen LogP contribution in [0.3, 0.4) is 0 Å². The van der Waals surface area contributed by atoms with Crippen molar-refractivity contribution in [3.05, 3.63) is 0 Å². The molecule has 2 rings (SSSR count). The summed E-state index contributed by atoms with van der Waals surface area (Å²) in [5.74, 6) is 0. The molecule has 0 bridgehead atoms. The monoisotopic (exact) mass is 294 g/mol. The van der Waals surface area contributed by atoms with E-state index in [4.69, 9.17) is 16.5 Å². The molecule has 2 heterocycles. The number of rotatable bonds is 0. The van der Waals surface area contributed by atoms with Gasteiger partial charge in [-0.2, -0.15) is 0 Å². The smallest absolute Gasteiger partial charge is 0.319 e. The van der Waals surface area contributed by atoms with Crippen LogP contribution in [0.2, 0.25) is 12.1 Å². The lowest BCUT2D eigenvalue weighted by atomic mass is 10.1. The van der Waals surface area contributed by atoms with Gasteiger partial charge < -0.3 is 16.5 Å². The molecule has 2 fully saturated rings. The minimum Gasteiger partial charge on any atom is -0.425 e. The van der Waals surface area contributed by atoms with E-state index in [2.05, 4.69) is 0 Å². The molecule has 0 saturated carbocycles. The van der Waals surface area contributed by atoms with Crippen LogP contribution in [0.15, 0.2) is 0 Å². The maximum atomic E-state index is 6.13. The third-order valence-corrected chi connectivity index (χ3v) is 13.4. The summed E-state index contributed by atoms with van der Waals surface area (Å²) in [6.07, 6.45) is 8.04. The second kappa shape index (κ2) is 7.21. The normalized spacial score (nSPS) is 33.0.